The highest BCUT2D eigenvalue weighted by molar-refractivity contribution is 5.85. The number of hydrogen-bond acceptors (Lipinski definition) is 2. The fourth-order valence-electron chi connectivity index (χ4n) is 1.43. The summed E-state index contributed by atoms with van der Waals surface area (Å²) in [7, 11) is 0. The van der Waals surface area contributed by atoms with Crippen molar-refractivity contribution < 1.29 is 4.79 Å². The van der Waals surface area contributed by atoms with Crippen LogP contribution in [0.2, 0.25) is 0 Å². The van der Waals surface area contributed by atoms with Crippen molar-refractivity contribution in [3.8, 4) is 0 Å². The molecule has 2 N–H and O–H groups in total. The van der Waals surface area contributed by atoms with Crippen molar-refractivity contribution in [3.05, 3.63) is 35.9 Å². The van der Waals surface area contributed by atoms with E-state index in [2.05, 4.69) is 10.6 Å². The molecule has 0 bridgehead atoms. The summed E-state index contributed by atoms with van der Waals surface area (Å²) in [6.45, 7) is 2.62. The van der Waals surface area contributed by atoms with Crippen LogP contribution in [-0.4, -0.2) is 18.0 Å². The molecule has 1 fully saturated rings. The molecule has 14 heavy (non-hydrogen) atoms. The van der Waals surface area contributed by atoms with E-state index in [0.717, 1.165) is 5.56 Å². The third-order valence-corrected chi connectivity index (χ3v) is 2.43. The van der Waals surface area contributed by atoms with Crippen LogP contribution < -0.4 is 10.6 Å². The summed E-state index contributed by atoms with van der Waals surface area (Å²) >= 11 is 0. The molecule has 1 aromatic carbocycles. The van der Waals surface area contributed by atoms with Gasteiger partial charge in [0.1, 0.15) is 6.04 Å². The highest BCUT2D eigenvalue weighted by atomic mass is 16.2. The van der Waals surface area contributed by atoms with Gasteiger partial charge in [-0.05, 0) is 12.5 Å². The van der Waals surface area contributed by atoms with E-state index in [1.54, 1.807) is 0 Å². The summed E-state index contributed by atoms with van der Waals surface area (Å²) in [5, 5.41) is 5.95. The third kappa shape index (κ3) is 2.12. The van der Waals surface area contributed by atoms with Crippen LogP contribution in [0.15, 0.2) is 30.3 Å². The summed E-state index contributed by atoms with van der Waals surface area (Å²) in [5.74, 6) is 0.0985. The molecule has 1 heterocycles. The number of nitrogens with one attached hydrogen (secondary N) is 2. The van der Waals surface area contributed by atoms with Crippen molar-refractivity contribution in [2.45, 2.75) is 25.6 Å². The summed E-state index contributed by atoms with van der Waals surface area (Å²) in [4.78, 5) is 11.4. The molecule has 1 aliphatic rings. The molecule has 2 rings (SSSR count). The van der Waals surface area contributed by atoms with Crippen LogP contribution in [0.25, 0.3) is 0 Å². The fourth-order valence-corrected chi connectivity index (χ4v) is 1.43. The Bertz CT molecular complexity index is 323. The summed E-state index contributed by atoms with van der Waals surface area (Å²) in [6, 6.07) is 10.3. The molecule has 0 aliphatic carbocycles. The average Bonchev–Trinajstić information content (AvgIpc) is 2.94. The Morgan fingerprint density at radius 1 is 1.43 bits per heavy atom. The molecular weight excluding hydrogens is 176 g/mol. The van der Waals surface area contributed by atoms with Gasteiger partial charge in [0.15, 0.2) is 0 Å². The zero-order chi connectivity index (χ0) is 9.97. The first-order valence-corrected chi connectivity index (χ1v) is 4.85. The van der Waals surface area contributed by atoms with E-state index in [1.807, 2.05) is 37.3 Å². The Balaban J connectivity index is 1.80. The van der Waals surface area contributed by atoms with Gasteiger partial charge in [0, 0.05) is 12.6 Å². The maximum absolute atomic E-state index is 11.4. The van der Waals surface area contributed by atoms with Crippen LogP contribution >= 0.6 is 0 Å². The van der Waals surface area contributed by atoms with Crippen LogP contribution in [0.3, 0.4) is 0 Å². The predicted molar refractivity (Wildman–Crippen MR) is 54.7 cm³/mol. The number of rotatable bonds is 3. The summed E-state index contributed by atoms with van der Waals surface area (Å²) in [6.07, 6.45) is 0. The smallest absolute Gasteiger partial charge is 0.239 e. The van der Waals surface area contributed by atoms with Gasteiger partial charge < -0.3 is 5.32 Å². The van der Waals surface area contributed by atoms with E-state index in [-0.39, 0.29) is 11.9 Å². The van der Waals surface area contributed by atoms with E-state index in [4.69, 9.17) is 0 Å². The standard InChI is InChI=1S/C11H14N2O/c1-8-10(13-8)11(14)12-7-9-5-3-2-4-6-9/h2-6,8,10,13H,7H2,1H3,(H,12,14)/t8-,10-/m0/s1. The van der Waals surface area contributed by atoms with Crippen LogP contribution in [-0.2, 0) is 11.3 Å². The molecular formula is C11H14N2O. The molecule has 0 unspecified atom stereocenters. The lowest BCUT2D eigenvalue weighted by molar-refractivity contribution is -0.120. The maximum atomic E-state index is 11.4. The SMILES string of the molecule is C[C@@H]1N[C@@H]1C(=O)NCc1ccccc1. The minimum absolute atomic E-state index is 0.0266. The summed E-state index contributed by atoms with van der Waals surface area (Å²) in [5.41, 5.74) is 1.13. The molecule has 1 aromatic rings. The third-order valence-electron chi connectivity index (χ3n) is 2.43. The van der Waals surface area contributed by atoms with Crippen LogP contribution in [0.1, 0.15) is 12.5 Å². The van der Waals surface area contributed by atoms with Gasteiger partial charge in [-0.3, -0.25) is 10.1 Å². The molecule has 2 atom stereocenters. The topological polar surface area (TPSA) is 51.0 Å². The van der Waals surface area contributed by atoms with Gasteiger partial charge in [0.25, 0.3) is 0 Å². The largest absolute Gasteiger partial charge is 0.351 e. The molecule has 0 spiro atoms. The van der Waals surface area contributed by atoms with Crippen molar-refractivity contribution in [2.24, 2.45) is 0 Å². The number of hydrogen-bond donors (Lipinski definition) is 2. The summed E-state index contributed by atoms with van der Waals surface area (Å²) < 4.78 is 0. The van der Waals surface area contributed by atoms with Crippen molar-refractivity contribution in [1.82, 2.24) is 10.6 Å². The van der Waals surface area contributed by atoms with E-state index in [1.165, 1.54) is 0 Å². The van der Waals surface area contributed by atoms with E-state index in [0.29, 0.717) is 12.6 Å². The van der Waals surface area contributed by atoms with Gasteiger partial charge in [-0.25, -0.2) is 0 Å². The zero-order valence-electron chi connectivity index (χ0n) is 8.16. The molecule has 1 aliphatic heterocycles. The first-order chi connectivity index (χ1) is 6.77. The second-order valence-electron chi connectivity index (χ2n) is 3.64. The molecule has 3 heteroatoms. The molecule has 1 saturated heterocycles. The van der Waals surface area contributed by atoms with Gasteiger partial charge >= 0.3 is 0 Å². The second-order valence-corrected chi connectivity index (χ2v) is 3.64. The van der Waals surface area contributed by atoms with Crippen LogP contribution in [0.5, 0.6) is 0 Å². The second kappa shape index (κ2) is 3.80. The van der Waals surface area contributed by atoms with Crippen molar-refractivity contribution in [1.29, 1.82) is 0 Å². The fraction of sp³-hybridized carbons (Fsp3) is 0.364. The van der Waals surface area contributed by atoms with Gasteiger partial charge in [0.05, 0.1) is 0 Å². The van der Waals surface area contributed by atoms with Crippen molar-refractivity contribution in [2.75, 3.05) is 0 Å². The Morgan fingerprint density at radius 2 is 2.07 bits per heavy atom. The van der Waals surface area contributed by atoms with Crippen LogP contribution in [0.4, 0.5) is 0 Å². The lowest BCUT2D eigenvalue weighted by Gasteiger charge is -2.03. The average molecular weight is 190 g/mol. The lowest BCUT2D eigenvalue weighted by atomic mass is 10.2. The van der Waals surface area contributed by atoms with Crippen LogP contribution in [0, 0.1) is 0 Å². The Hall–Kier alpha value is -1.35. The molecule has 3 nitrogen and oxygen atoms in total. The molecule has 0 saturated carbocycles. The van der Waals surface area contributed by atoms with Gasteiger partial charge in [0.2, 0.25) is 5.91 Å². The van der Waals surface area contributed by atoms with E-state index >= 15 is 0 Å². The van der Waals surface area contributed by atoms with Gasteiger partial charge in [-0.2, -0.15) is 0 Å². The number of carbonyl (C=O) groups excluding carboxylic acids is 1. The van der Waals surface area contributed by atoms with Crippen molar-refractivity contribution in [3.63, 3.8) is 0 Å². The first-order valence-electron chi connectivity index (χ1n) is 4.85. The number of amides is 1. The molecule has 0 radical (unpaired) electrons. The lowest BCUT2D eigenvalue weighted by Crippen LogP contribution is -2.29. The number of carbonyl (C=O) groups is 1. The molecule has 0 aromatic heterocycles. The first kappa shape index (κ1) is 9.21. The Labute approximate surface area is 83.5 Å². The Morgan fingerprint density at radius 3 is 2.64 bits per heavy atom. The van der Waals surface area contributed by atoms with Gasteiger partial charge in [-0.1, -0.05) is 30.3 Å². The normalized spacial score (nSPS) is 24.4. The minimum atomic E-state index is 0.0266. The van der Waals surface area contributed by atoms with E-state index in [9.17, 15) is 4.79 Å². The number of benzene rings is 1. The van der Waals surface area contributed by atoms with Crippen molar-refractivity contribution >= 4 is 5.91 Å². The monoisotopic (exact) mass is 190 g/mol. The minimum Gasteiger partial charge on any atom is -0.351 e. The predicted octanol–water partition coefficient (Wildman–Crippen LogP) is 0.663. The quantitative estimate of drug-likeness (QED) is 0.688. The Kier molecular flexibility index (Phi) is 2.50. The highest BCUT2D eigenvalue weighted by Crippen LogP contribution is 2.09. The maximum Gasteiger partial charge on any atom is 0.239 e. The molecule has 1 amide bonds. The molecule has 74 valence electrons. The van der Waals surface area contributed by atoms with Gasteiger partial charge in [-0.15, -0.1) is 0 Å². The highest BCUT2D eigenvalue weighted by Gasteiger charge is 2.37. The zero-order valence-corrected chi connectivity index (χ0v) is 8.16. The van der Waals surface area contributed by atoms with E-state index < -0.39 is 0 Å².